The van der Waals surface area contributed by atoms with Gasteiger partial charge in [0.25, 0.3) is 0 Å². The van der Waals surface area contributed by atoms with Crippen LogP contribution >= 0.6 is 0 Å². The van der Waals surface area contributed by atoms with Crippen molar-refractivity contribution in [1.82, 2.24) is 15.1 Å². The van der Waals surface area contributed by atoms with Crippen molar-refractivity contribution >= 4 is 5.91 Å². The van der Waals surface area contributed by atoms with Gasteiger partial charge in [0.05, 0.1) is 0 Å². The summed E-state index contributed by atoms with van der Waals surface area (Å²) >= 11 is 0. The molecular formula is C21H25N3O2. The first-order chi connectivity index (χ1) is 12.7. The minimum atomic E-state index is -0.0244. The minimum Gasteiger partial charge on any atom is -0.457 e. The summed E-state index contributed by atoms with van der Waals surface area (Å²) in [5, 5.41) is 3.10. The fourth-order valence-electron chi connectivity index (χ4n) is 3.81. The Morgan fingerprint density at radius 1 is 1.04 bits per heavy atom. The molecule has 0 spiro atoms. The Labute approximate surface area is 154 Å². The van der Waals surface area contributed by atoms with E-state index in [-0.39, 0.29) is 11.9 Å². The second-order valence-corrected chi connectivity index (χ2v) is 7.14. The number of carbonyl (C=O) groups is 1. The number of carbonyl (C=O) groups excluding carboxylic acids is 1. The van der Waals surface area contributed by atoms with Crippen LogP contribution in [0.4, 0.5) is 0 Å². The molecule has 2 bridgehead atoms. The molecule has 3 aliphatic rings. The quantitative estimate of drug-likeness (QED) is 0.899. The first-order valence-corrected chi connectivity index (χ1v) is 9.27. The van der Waals surface area contributed by atoms with Crippen molar-refractivity contribution in [1.29, 1.82) is 0 Å². The first kappa shape index (κ1) is 17.1. The van der Waals surface area contributed by atoms with E-state index in [1.807, 2.05) is 54.6 Å². The number of hydrogen-bond acceptors (Lipinski definition) is 4. The summed E-state index contributed by atoms with van der Waals surface area (Å²) in [5.74, 6) is 1.71. The zero-order chi connectivity index (χ0) is 17.9. The molecule has 4 atom stereocenters. The molecule has 0 saturated carbocycles. The molecule has 3 aliphatic heterocycles. The highest BCUT2D eigenvalue weighted by Gasteiger charge is 2.39. The molecule has 5 heteroatoms. The van der Waals surface area contributed by atoms with E-state index >= 15 is 0 Å². The summed E-state index contributed by atoms with van der Waals surface area (Å²) in [6.07, 6.45) is 0. The average Bonchev–Trinajstić information content (AvgIpc) is 2.67. The van der Waals surface area contributed by atoms with Gasteiger partial charge in [0.2, 0.25) is 5.91 Å². The first-order valence-electron chi connectivity index (χ1n) is 9.27. The summed E-state index contributed by atoms with van der Waals surface area (Å²) < 4.78 is 5.87. The van der Waals surface area contributed by atoms with Gasteiger partial charge in [-0.2, -0.15) is 0 Å². The van der Waals surface area contributed by atoms with Crippen LogP contribution in [0.5, 0.6) is 11.5 Å². The van der Waals surface area contributed by atoms with Crippen LogP contribution in [0.25, 0.3) is 0 Å². The van der Waals surface area contributed by atoms with Crippen LogP contribution in [0.15, 0.2) is 54.6 Å². The van der Waals surface area contributed by atoms with Crippen LogP contribution in [-0.2, 0) is 11.3 Å². The van der Waals surface area contributed by atoms with Gasteiger partial charge in [-0.15, -0.1) is 0 Å². The number of nitrogens with one attached hydrogen (secondary N) is 1. The Hall–Kier alpha value is -2.37. The van der Waals surface area contributed by atoms with Crippen LogP contribution in [0.1, 0.15) is 12.5 Å². The Kier molecular flexibility index (Phi) is 4.91. The molecule has 2 aromatic carbocycles. The number of hydrogen-bond donors (Lipinski definition) is 1. The lowest BCUT2D eigenvalue weighted by Gasteiger charge is -2.50. The molecule has 4 unspecified atom stereocenters. The van der Waals surface area contributed by atoms with Crippen molar-refractivity contribution in [2.24, 2.45) is 0 Å². The van der Waals surface area contributed by atoms with E-state index in [2.05, 4.69) is 22.0 Å². The zero-order valence-electron chi connectivity index (χ0n) is 15.1. The normalized spacial score (nSPS) is 27.1. The smallest absolute Gasteiger partial charge is 0.238 e. The molecule has 5 rings (SSSR count). The van der Waals surface area contributed by atoms with E-state index in [0.29, 0.717) is 12.6 Å². The van der Waals surface area contributed by atoms with Crippen molar-refractivity contribution in [2.45, 2.75) is 25.6 Å². The maximum atomic E-state index is 12.6. The Morgan fingerprint density at radius 3 is 2.54 bits per heavy atom. The summed E-state index contributed by atoms with van der Waals surface area (Å²) in [6, 6.07) is 18.1. The number of benzene rings is 2. The molecule has 0 radical (unpaired) electrons. The van der Waals surface area contributed by atoms with Crippen molar-refractivity contribution < 1.29 is 9.53 Å². The standard InChI is InChI=1S/C21H25N3O2/c1-16-14-24-11-10-23(16)15-20(24)21(25)22-13-17-6-5-9-19(12-17)26-18-7-3-2-4-8-18/h2-9,12,16,20H,10-11,13-15H2,1H3,(H,22,25). The fourth-order valence-corrected chi connectivity index (χ4v) is 3.81. The van der Waals surface area contributed by atoms with Gasteiger partial charge in [0.1, 0.15) is 17.5 Å². The third-order valence-corrected chi connectivity index (χ3v) is 5.29. The second kappa shape index (κ2) is 7.48. The van der Waals surface area contributed by atoms with E-state index in [9.17, 15) is 4.79 Å². The zero-order valence-corrected chi connectivity index (χ0v) is 15.1. The second-order valence-electron chi connectivity index (χ2n) is 7.14. The van der Waals surface area contributed by atoms with Crippen LogP contribution in [0.3, 0.4) is 0 Å². The lowest BCUT2D eigenvalue weighted by Crippen LogP contribution is -2.67. The molecule has 0 aromatic heterocycles. The largest absolute Gasteiger partial charge is 0.457 e. The molecule has 3 heterocycles. The SMILES string of the molecule is CC1CN2CCN1CC2C(=O)NCc1cccc(Oc2ccccc2)c1. The van der Waals surface area contributed by atoms with Gasteiger partial charge in [-0.05, 0) is 36.8 Å². The van der Waals surface area contributed by atoms with Crippen LogP contribution < -0.4 is 10.1 Å². The number of fused-ring (bicyclic) bond motifs is 3. The highest BCUT2D eigenvalue weighted by Crippen LogP contribution is 2.23. The summed E-state index contributed by atoms with van der Waals surface area (Å²) in [5.41, 5.74) is 1.04. The van der Waals surface area contributed by atoms with Crippen LogP contribution in [0.2, 0.25) is 0 Å². The van der Waals surface area contributed by atoms with Crippen LogP contribution in [-0.4, -0.2) is 54.0 Å². The molecule has 5 nitrogen and oxygen atoms in total. The van der Waals surface area contributed by atoms with Crippen molar-refractivity contribution in [2.75, 3.05) is 26.2 Å². The lowest BCUT2D eigenvalue weighted by atomic mass is 10.0. The molecule has 3 saturated heterocycles. The summed E-state index contributed by atoms with van der Waals surface area (Å²) in [6.45, 7) is 6.64. The van der Waals surface area contributed by atoms with E-state index < -0.39 is 0 Å². The van der Waals surface area contributed by atoms with Crippen molar-refractivity contribution in [3.8, 4) is 11.5 Å². The predicted octanol–water partition coefficient (Wildman–Crippen LogP) is 2.48. The highest BCUT2D eigenvalue weighted by molar-refractivity contribution is 5.82. The van der Waals surface area contributed by atoms with Crippen LogP contribution in [0, 0.1) is 0 Å². The fraction of sp³-hybridized carbons (Fsp3) is 0.381. The molecule has 26 heavy (non-hydrogen) atoms. The topological polar surface area (TPSA) is 44.8 Å². The number of rotatable bonds is 5. The summed E-state index contributed by atoms with van der Waals surface area (Å²) in [4.78, 5) is 17.4. The van der Waals surface area contributed by atoms with Gasteiger partial charge in [0.15, 0.2) is 0 Å². The molecule has 0 aliphatic carbocycles. The van der Waals surface area contributed by atoms with Gasteiger partial charge < -0.3 is 10.1 Å². The molecule has 1 amide bonds. The third-order valence-electron chi connectivity index (χ3n) is 5.29. The number of piperazine rings is 3. The third kappa shape index (κ3) is 3.74. The number of ether oxygens (including phenoxy) is 1. The van der Waals surface area contributed by atoms with Gasteiger partial charge in [-0.1, -0.05) is 30.3 Å². The average molecular weight is 351 g/mol. The Bertz CT molecular complexity index is 765. The maximum Gasteiger partial charge on any atom is 0.238 e. The van der Waals surface area contributed by atoms with Crippen molar-refractivity contribution in [3.05, 3.63) is 60.2 Å². The molecule has 3 fully saturated rings. The number of amides is 1. The van der Waals surface area contributed by atoms with Gasteiger partial charge in [-0.25, -0.2) is 0 Å². The van der Waals surface area contributed by atoms with Gasteiger partial charge in [-0.3, -0.25) is 14.6 Å². The van der Waals surface area contributed by atoms with Crippen molar-refractivity contribution in [3.63, 3.8) is 0 Å². The number of para-hydroxylation sites is 1. The summed E-state index contributed by atoms with van der Waals surface area (Å²) in [7, 11) is 0. The highest BCUT2D eigenvalue weighted by atomic mass is 16.5. The van der Waals surface area contributed by atoms with Gasteiger partial charge in [0, 0.05) is 38.8 Å². The molecule has 1 N–H and O–H groups in total. The minimum absolute atomic E-state index is 0.0244. The Morgan fingerprint density at radius 2 is 1.81 bits per heavy atom. The van der Waals surface area contributed by atoms with E-state index in [1.54, 1.807) is 0 Å². The molecule has 136 valence electrons. The van der Waals surface area contributed by atoms with E-state index in [4.69, 9.17) is 4.74 Å². The molecular weight excluding hydrogens is 326 g/mol. The Balaban J connectivity index is 1.35. The monoisotopic (exact) mass is 351 g/mol. The predicted molar refractivity (Wildman–Crippen MR) is 101 cm³/mol. The number of nitrogens with zero attached hydrogens (tertiary/aromatic N) is 2. The lowest BCUT2D eigenvalue weighted by molar-refractivity contribution is -0.133. The van der Waals surface area contributed by atoms with Gasteiger partial charge >= 0.3 is 0 Å². The van der Waals surface area contributed by atoms with E-state index in [1.165, 1.54) is 0 Å². The maximum absolute atomic E-state index is 12.6. The molecule has 2 aromatic rings. The van der Waals surface area contributed by atoms with E-state index in [0.717, 1.165) is 43.2 Å².